The van der Waals surface area contributed by atoms with Crippen LogP contribution in [0.25, 0.3) is 0 Å². The maximum atomic E-state index is 13.1. The van der Waals surface area contributed by atoms with Crippen LogP contribution in [-0.4, -0.2) is 41.6 Å². The van der Waals surface area contributed by atoms with Gasteiger partial charge in [-0.2, -0.15) is 5.10 Å². The SMILES string of the molecule is C=C(C)CN(CC)C(=O)C1=NN(c2ccc(F)cc2)C(C(N)=O)C1. The molecule has 6 nitrogen and oxygen atoms in total. The van der Waals surface area contributed by atoms with E-state index in [4.69, 9.17) is 5.73 Å². The highest BCUT2D eigenvalue weighted by molar-refractivity contribution is 6.40. The Morgan fingerprint density at radius 2 is 2.04 bits per heavy atom. The number of hydrazone groups is 1. The van der Waals surface area contributed by atoms with Gasteiger partial charge >= 0.3 is 0 Å². The molecule has 24 heavy (non-hydrogen) atoms. The lowest BCUT2D eigenvalue weighted by molar-refractivity contribution is -0.123. The summed E-state index contributed by atoms with van der Waals surface area (Å²) in [6.07, 6.45) is 0.123. The lowest BCUT2D eigenvalue weighted by atomic mass is 10.1. The predicted molar refractivity (Wildman–Crippen MR) is 91.0 cm³/mol. The number of nitrogens with two attached hydrogens (primary N) is 1. The standard InChI is InChI=1S/C17H21FN4O2/c1-4-21(10-11(2)3)17(24)14-9-15(16(19)23)22(20-14)13-7-5-12(18)6-8-13/h5-8,15H,2,4,9-10H2,1,3H3,(H2,19,23). The third-order valence-corrected chi connectivity index (χ3v) is 3.71. The molecule has 2 amide bonds. The number of nitrogens with zero attached hydrogens (tertiary/aromatic N) is 3. The smallest absolute Gasteiger partial charge is 0.270 e. The monoisotopic (exact) mass is 332 g/mol. The summed E-state index contributed by atoms with van der Waals surface area (Å²) in [5.41, 5.74) is 7.05. The molecule has 1 aliphatic rings. The van der Waals surface area contributed by atoms with Gasteiger partial charge in [-0.3, -0.25) is 14.6 Å². The molecule has 1 aromatic carbocycles. The van der Waals surface area contributed by atoms with Gasteiger partial charge in [-0.1, -0.05) is 12.2 Å². The van der Waals surface area contributed by atoms with Crippen LogP contribution >= 0.6 is 0 Å². The van der Waals surface area contributed by atoms with E-state index in [1.165, 1.54) is 29.3 Å². The summed E-state index contributed by atoms with van der Waals surface area (Å²) in [4.78, 5) is 26.0. The molecular formula is C17H21FN4O2. The van der Waals surface area contributed by atoms with Crippen molar-refractivity contribution in [2.75, 3.05) is 18.1 Å². The van der Waals surface area contributed by atoms with Crippen LogP contribution in [0.2, 0.25) is 0 Å². The minimum atomic E-state index is -0.766. The molecule has 0 radical (unpaired) electrons. The number of likely N-dealkylation sites (N-methyl/N-ethyl adjacent to an activating group) is 1. The number of carbonyl (C=O) groups is 2. The molecular weight excluding hydrogens is 311 g/mol. The van der Waals surface area contributed by atoms with Crippen LogP contribution in [0.3, 0.4) is 0 Å². The molecule has 2 rings (SSSR count). The highest BCUT2D eigenvalue weighted by Crippen LogP contribution is 2.25. The Hall–Kier alpha value is -2.70. The van der Waals surface area contributed by atoms with Gasteiger partial charge in [0.2, 0.25) is 5.91 Å². The fourth-order valence-electron chi connectivity index (χ4n) is 2.53. The molecule has 1 heterocycles. The molecule has 0 aliphatic carbocycles. The van der Waals surface area contributed by atoms with Gasteiger partial charge < -0.3 is 10.6 Å². The summed E-state index contributed by atoms with van der Waals surface area (Å²) in [5, 5.41) is 5.65. The first-order chi connectivity index (χ1) is 11.3. The molecule has 0 saturated carbocycles. The Morgan fingerprint density at radius 3 is 2.54 bits per heavy atom. The Kier molecular flexibility index (Phi) is 5.33. The number of rotatable bonds is 6. The molecule has 1 aliphatic heterocycles. The van der Waals surface area contributed by atoms with Crippen molar-refractivity contribution in [2.24, 2.45) is 10.8 Å². The average Bonchev–Trinajstić information content (AvgIpc) is 2.98. The second-order valence-electron chi connectivity index (χ2n) is 5.77. The Balaban J connectivity index is 2.29. The zero-order valence-electron chi connectivity index (χ0n) is 13.8. The van der Waals surface area contributed by atoms with E-state index >= 15 is 0 Å². The zero-order chi connectivity index (χ0) is 17.9. The summed E-state index contributed by atoms with van der Waals surface area (Å²) in [6, 6.07) is 4.75. The topological polar surface area (TPSA) is 79.0 Å². The molecule has 2 N–H and O–H groups in total. The summed E-state index contributed by atoms with van der Waals surface area (Å²) in [7, 11) is 0. The summed E-state index contributed by atoms with van der Waals surface area (Å²) >= 11 is 0. The largest absolute Gasteiger partial charge is 0.368 e. The van der Waals surface area contributed by atoms with Gasteiger partial charge in [0.05, 0.1) is 5.69 Å². The number of benzene rings is 1. The Morgan fingerprint density at radius 1 is 1.42 bits per heavy atom. The molecule has 0 spiro atoms. The normalized spacial score (nSPS) is 16.7. The van der Waals surface area contributed by atoms with Crippen LogP contribution in [0.4, 0.5) is 10.1 Å². The highest BCUT2D eigenvalue weighted by atomic mass is 19.1. The van der Waals surface area contributed by atoms with Crippen molar-refractivity contribution < 1.29 is 14.0 Å². The molecule has 0 aromatic heterocycles. The van der Waals surface area contributed by atoms with Crippen molar-refractivity contribution in [3.05, 3.63) is 42.2 Å². The van der Waals surface area contributed by atoms with Gasteiger partial charge in [0.15, 0.2) is 0 Å². The highest BCUT2D eigenvalue weighted by Gasteiger charge is 2.36. The van der Waals surface area contributed by atoms with Gasteiger partial charge in [-0.25, -0.2) is 4.39 Å². The maximum absolute atomic E-state index is 13.1. The van der Waals surface area contributed by atoms with E-state index in [-0.39, 0.29) is 18.0 Å². The second-order valence-corrected chi connectivity index (χ2v) is 5.77. The van der Waals surface area contributed by atoms with E-state index in [1.54, 1.807) is 4.90 Å². The fourth-order valence-corrected chi connectivity index (χ4v) is 2.53. The zero-order valence-corrected chi connectivity index (χ0v) is 13.8. The molecule has 1 atom stereocenters. The number of carbonyl (C=O) groups excluding carboxylic acids is 2. The summed E-state index contributed by atoms with van der Waals surface area (Å²) in [6.45, 7) is 8.43. The van der Waals surface area contributed by atoms with Crippen LogP contribution in [0.15, 0.2) is 41.5 Å². The van der Waals surface area contributed by atoms with E-state index in [2.05, 4.69) is 11.7 Å². The van der Waals surface area contributed by atoms with Gasteiger partial charge in [0, 0.05) is 19.5 Å². The number of halogens is 1. The average molecular weight is 332 g/mol. The van der Waals surface area contributed by atoms with Crippen LogP contribution in [0.1, 0.15) is 20.3 Å². The molecule has 0 bridgehead atoms. The van der Waals surface area contributed by atoms with Crippen molar-refractivity contribution in [3.63, 3.8) is 0 Å². The van der Waals surface area contributed by atoms with E-state index < -0.39 is 17.8 Å². The summed E-state index contributed by atoms with van der Waals surface area (Å²) in [5.74, 6) is -1.24. The molecule has 0 fully saturated rings. The van der Waals surface area contributed by atoms with E-state index in [9.17, 15) is 14.0 Å². The first kappa shape index (κ1) is 17.7. The van der Waals surface area contributed by atoms with Gasteiger partial charge in [0.1, 0.15) is 17.6 Å². The third-order valence-electron chi connectivity index (χ3n) is 3.71. The molecule has 0 saturated heterocycles. The van der Waals surface area contributed by atoms with E-state index in [0.29, 0.717) is 18.8 Å². The van der Waals surface area contributed by atoms with E-state index in [0.717, 1.165) is 5.57 Å². The van der Waals surface area contributed by atoms with Gasteiger partial charge in [-0.15, -0.1) is 0 Å². The van der Waals surface area contributed by atoms with Crippen LogP contribution < -0.4 is 10.7 Å². The number of hydrogen-bond donors (Lipinski definition) is 1. The third kappa shape index (κ3) is 3.79. The number of anilines is 1. The first-order valence-electron chi connectivity index (χ1n) is 7.68. The Bertz CT molecular complexity index is 684. The quantitative estimate of drug-likeness (QED) is 0.805. The minimum absolute atomic E-state index is 0.123. The molecule has 7 heteroatoms. The fraction of sp³-hybridized carbons (Fsp3) is 0.353. The lowest BCUT2D eigenvalue weighted by Gasteiger charge is -2.20. The van der Waals surface area contributed by atoms with Gasteiger partial charge in [0.25, 0.3) is 5.91 Å². The minimum Gasteiger partial charge on any atom is -0.368 e. The van der Waals surface area contributed by atoms with Crippen molar-refractivity contribution in [2.45, 2.75) is 26.3 Å². The van der Waals surface area contributed by atoms with Crippen LogP contribution in [-0.2, 0) is 9.59 Å². The predicted octanol–water partition coefficient (Wildman–Crippen LogP) is 1.67. The number of amides is 2. The maximum Gasteiger partial charge on any atom is 0.270 e. The Labute approximate surface area is 140 Å². The molecule has 1 aromatic rings. The van der Waals surface area contributed by atoms with Crippen molar-refractivity contribution in [1.29, 1.82) is 0 Å². The van der Waals surface area contributed by atoms with Crippen molar-refractivity contribution in [1.82, 2.24) is 4.90 Å². The number of primary amides is 1. The van der Waals surface area contributed by atoms with Crippen LogP contribution in [0.5, 0.6) is 0 Å². The van der Waals surface area contributed by atoms with E-state index in [1.807, 2.05) is 13.8 Å². The van der Waals surface area contributed by atoms with Gasteiger partial charge in [-0.05, 0) is 38.1 Å². The van der Waals surface area contributed by atoms with Crippen molar-refractivity contribution >= 4 is 23.2 Å². The molecule has 128 valence electrons. The lowest BCUT2D eigenvalue weighted by Crippen LogP contribution is -2.40. The van der Waals surface area contributed by atoms with Crippen molar-refractivity contribution in [3.8, 4) is 0 Å². The second kappa shape index (κ2) is 7.25. The molecule has 1 unspecified atom stereocenters. The first-order valence-corrected chi connectivity index (χ1v) is 7.68. The van der Waals surface area contributed by atoms with Crippen LogP contribution in [0, 0.1) is 5.82 Å². The summed E-state index contributed by atoms with van der Waals surface area (Å²) < 4.78 is 13.1. The number of hydrogen-bond acceptors (Lipinski definition) is 4.